The van der Waals surface area contributed by atoms with Crippen LogP contribution in [0.3, 0.4) is 0 Å². The quantitative estimate of drug-likeness (QED) is 0.147. The summed E-state index contributed by atoms with van der Waals surface area (Å²) in [6.45, 7) is 2.30. The number of amides is 2. The first kappa shape index (κ1) is 37.0. The summed E-state index contributed by atoms with van der Waals surface area (Å²) in [5, 5.41) is 17.9. The Morgan fingerprint density at radius 3 is 2.60 bits per heavy atom. The van der Waals surface area contributed by atoms with Gasteiger partial charge in [-0.15, -0.1) is 0 Å². The highest BCUT2D eigenvalue weighted by Gasteiger charge is 2.51. The number of rotatable bonds is 7. The predicted octanol–water partition coefficient (Wildman–Crippen LogP) is 5.82. The zero-order valence-electron chi connectivity index (χ0n) is 31.3. The monoisotopic (exact) mass is 804 g/mol. The molecular formula is C39H40ClF3N10O4. The Labute approximate surface area is 329 Å². The van der Waals surface area contributed by atoms with Crippen molar-refractivity contribution in [1.82, 2.24) is 29.6 Å². The summed E-state index contributed by atoms with van der Waals surface area (Å²) in [6.07, 6.45) is 4.03. The molecule has 3 aromatic heterocycles. The lowest BCUT2D eigenvalue weighted by molar-refractivity contribution is -0.134. The molecule has 2 amide bonds. The molecule has 1 aliphatic carbocycles. The van der Waals surface area contributed by atoms with Crippen molar-refractivity contribution in [3.8, 4) is 5.75 Å². The van der Waals surface area contributed by atoms with Crippen LogP contribution in [-0.4, -0.2) is 73.8 Å². The van der Waals surface area contributed by atoms with Crippen molar-refractivity contribution in [2.45, 2.75) is 63.0 Å². The number of nitrogens with one attached hydrogen (secondary N) is 4. The molecular weight excluding hydrogens is 765 g/mol. The molecule has 3 aliphatic heterocycles. The number of aryl methyl sites for hydroxylation is 2. The summed E-state index contributed by atoms with van der Waals surface area (Å²) in [7, 11) is 3.32. The summed E-state index contributed by atoms with van der Waals surface area (Å²) < 4.78 is 54.4. The normalized spacial score (nSPS) is 23.4. The second-order valence-corrected chi connectivity index (χ2v) is 16.0. The molecule has 4 N–H and O–H groups in total. The van der Waals surface area contributed by atoms with Crippen LogP contribution in [0.1, 0.15) is 50.6 Å². The average molecular weight is 805 g/mol. The fourth-order valence-electron chi connectivity index (χ4n) is 8.39. The fourth-order valence-corrected chi connectivity index (χ4v) is 8.53. The Balaban J connectivity index is 0.923. The van der Waals surface area contributed by atoms with E-state index in [4.69, 9.17) is 21.3 Å². The topological polar surface area (TPSA) is 160 Å². The van der Waals surface area contributed by atoms with E-state index in [-0.39, 0.29) is 46.7 Å². The number of alkyl halides is 2. The van der Waals surface area contributed by atoms with Gasteiger partial charge in [0.1, 0.15) is 10.8 Å². The van der Waals surface area contributed by atoms with Gasteiger partial charge >= 0.3 is 5.92 Å². The summed E-state index contributed by atoms with van der Waals surface area (Å²) >= 11 is 6.59. The van der Waals surface area contributed by atoms with Crippen LogP contribution in [0.5, 0.6) is 5.75 Å². The van der Waals surface area contributed by atoms with Crippen LogP contribution in [0.2, 0.25) is 5.02 Å². The maximum atomic E-state index is 15.7. The Hall–Kier alpha value is -5.58. The number of benzene rings is 2. The zero-order chi connectivity index (χ0) is 39.9. The number of halogens is 4. The first-order valence-corrected chi connectivity index (χ1v) is 19.4. The summed E-state index contributed by atoms with van der Waals surface area (Å²) in [5.41, 5.74) is 2.27. The SMILES string of the molecule is C[C@@H]1CN(c2ncc(Cl)c(Nc3ccc4c(c3)c3c(c(=O)n4C)OCC(F)(F)[C@H](C4CC4)N3)n2)CC[C@H]1Nc1cc2c(cc1F)c(C1CCC(=O)NC1=O)nn2C. The second kappa shape index (κ2) is 13.8. The highest BCUT2D eigenvalue weighted by atomic mass is 35.5. The molecule has 6 heterocycles. The largest absolute Gasteiger partial charge is 0.480 e. The molecule has 5 aromatic rings. The molecule has 298 valence electrons. The van der Waals surface area contributed by atoms with Crippen molar-refractivity contribution in [2.24, 2.45) is 25.9 Å². The number of aromatic nitrogens is 5. The van der Waals surface area contributed by atoms with Crippen LogP contribution in [0.15, 0.2) is 41.3 Å². The van der Waals surface area contributed by atoms with Gasteiger partial charge in [0.05, 0.1) is 46.3 Å². The highest BCUT2D eigenvalue weighted by Crippen LogP contribution is 2.46. The number of hydrogen-bond acceptors (Lipinski definition) is 11. The van der Waals surface area contributed by atoms with Crippen molar-refractivity contribution < 1.29 is 27.5 Å². The smallest absolute Gasteiger partial charge is 0.301 e. The van der Waals surface area contributed by atoms with Crippen LogP contribution in [0.25, 0.3) is 21.8 Å². The van der Waals surface area contributed by atoms with Crippen LogP contribution in [0.4, 0.5) is 42.0 Å². The number of hydrogen-bond donors (Lipinski definition) is 4. The third-order valence-corrected chi connectivity index (χ3v) is 11.9. The highest BCUT2D eigenvalue weighted by molar-refractivity contribution is 6.33. The predicted molar refractivity (Wildman–Crippen MR) is 209 cm³/mol. The molecule has 0 spiro atoms. The van der Waals surface area contributed by atoms with Crippen molar-refractivity contribution in [1.29, 1.82) is 0 Å². The molecule has 18 heteroatoms. The van der Waals surface area contributed by atoms with Gasteiger partial charge in [-0.1, -0.05) is 18.5 Å². The number of fused-ring (bicyclic) bond motifs is 4. The number of pyridine rings is 1. The van der Waals surface area contributed by atoms with E-state index in [1.165, 1.54) is 16.8 Å². The van der Waals surface area contributed by atoms with Gasteiger partial charge in [0.15, 0.2) is 12.4 Å². The standard InChI is InChI=1S/C39H40ClF3N10O4/c1-18-16-53(11-10-26(18)46-27-14-29-23(13-25(27)41)31(50-52(29)3)21-7-9-30(54)47-36(21)55)38-44-15-24(40)35(49-38)45-20-6-8-28-22(12-20)32-33(37(56)51(28)2)57-17-39(42,43)34(48-32)19-4-5-19/h6,8,12-15,18-19,21,26,34,46,48H,4-5,7,9-11,16-17H2,1-3H3,(H,44,45,49)(H,47,54,55)/t18-,21?,26-,34+/m1/s1. The van der Waals surface area contributed by atoms with Crippen LogP contribution >= 0.6 is 11.6 Å². The lowest BCUT2D eigenvalue weighted by Crippen LogP contribution is -2.46. The Morgan fingerprint density at radius 2 is 1.84 bits per heavy atom. The number of ether oxygens (including phenoxy) is 1. The minimum Gasteiger partial charge on any atom is -0.480 e. The Morgan fingerprint density at radius 1 is 1.04 bits per heavy atom. The van der Waals surface area contributed by atoms with Gasteiger partial charge in [-0.05, 0) is 67.9 Å². The molecule has 0 radical (unpaired) electrons. The van der Waals surface area contributed by atoms with E-state index in [0.29, 0.717) is 89.4 Å². The number of carbonyl (C=O) groups excluding carboxylic acids is 2. The van der Waals surface area contributed by atoms with Gasteiger partial charge in [0.2, 0.25) is 23.5 Å². The van der Waals surface area contributed by atoms with Gasteiger partial charge in [-0.25, -0.2) is 18.2 Å². The molecule has 1 saturated carbocycles. The molecule has 1 unspecified atom stereocenters. The maximum absolute atomic E-state index is 15.7. The van der Waals surface area contributed by atoms with Crippen LogP contribution in [-0.2, 0) is 23.7 Å². The molecule has 57 heavy (non-hydrogen) atoms. The van der Waals surface area contributed by atoms with Gasteiger partial charge in [0, 0.05) is 56.1 Å². The van der Waals surface area contributed by atoms with E-state index in [2.05, 4.69) is 38.3 Å². The lowest BCUT2D eigenvalue weighted by Gasteiger charge is -2.38. The minimum absolute atomic E-state index is 0.0408. The molecule has 2 saturated heterocycles. The number of nitrogens with zero attached hydrogens (tertiary/aromatic N) is 6. The van der Waals surface area contributed by atoms with E-state index in [9.17, 15) is 14.4 Å². The van der Waals surface area contributed by atoms with E-state index in [1.54, 1.807) is 43.0 Å². The summed E-state index contributed by atoms with van der Waals surface area (Å²) in [6, 6.07) is 7.12. The number of piperidine rings is 2. The van der Waals surface area contributed by atoms with Crippen LogP contribution in [0, 0.1) is 17.7 Å². The van der Waals surface area contributed by atoms with Gasteiger partial charge in [-0.2, -0.15) is 10.1 Å². The molecule has 14 nitrogen and oxygen atoms in total. The molecule has 9 rings (SSSR count). The van der Waals surface area contributed by atoms with Crippen molar-refractivity contribution in [3.05, 3.63) is 63.4 Å². The molecule has 4 atom stereocenters. The first-order chi connectivity index (χ1) is 27.3. The summed E-state index contributed by atoms with van der Waals surface area (Å²) in [4.78, 5) is 48.8. The summed E-state index contributed by atoms with van der Waals surface area (Å²) in [5.74, 6) is -4.55. The Kier molecular flexibility index (Phi) is 8.97. The van der Waals surface area contributed by atoms with Gasteiger partial charge < -0.3 is 30.2 Å². The molecule has 2 aromatic carbocycles. The number of imide groups is 1. The first-order valence-electron chi connectivity index (χ1n) is 19.0. The number of carbonyl (C=O) groups is 2. The van der Waals surface area contributed by atoms with E-state index in [0.717, 1.165) is 0 Å². The van der Waals surface area contributed by atoms with Crippen molar-refractivity contribution >= 4 is 74.0 Å². The molecule has 4 aliphatic rings. The van der Waals surface area contributed by atoms with E-state index >= 15 is 13.2 Å². The van der Waals surface area contributed by atoms with Crippen LogP contribution < -0.4 is 36.5 Å². The van der Waals surface area contributed by atoms with Gasteiger partial charge in [0.25, 0.3) is 5.56 Å². The van der Waals surface area contributed by atoms with Gasteiger partial charge in [-0.3, -0.25) is 24.4 Å². The second-order valence-electron chi connectivity index (χ2n) is 15.6. The van der Waals surface area contributed by atoms with Crippen molar-refractivity contribution in [2.75, 3.05) is 40.5 Å². The lowest BCUT2D eigenvalue weighted by atomic mass is 9.92. The minimum atomic E-state index is -3.16. The average Bonchev–Trinajstić information content (AvgIpc) is 3.98. The fraction of sp³-hybridized carbons (Fsp3) is 0.436. The third-order valence-electron chi connectivity index (χ3n) is 11.7. The van der Waals surface area contributed by atoms with E-state index < -0.39 is 41.8 Å². The zero-order valence-corrected chi connectivity index (χ0v) is 32.1. The van der Waals surface area contributed by atoms with Crippen molar-refractivity contribution in [3.63, 3.8) is 0 Å². The maximum Gasteiger partial charge on any atom is 0.301 e. The Bertz CT molecular complexity index is 2540. The van der Waals surface area contributed by atoms with E-state index in [1.807, 2.05) is 4.90 Å². The number of anilines is 5. The third kappa shape index (κ3) is 6.64. The molecule has 3 fully saturated rings. The molecule has 0 bridgehead atoms.